The molecule has 2 aromatic carbocycles. The summed E-state index contributed by atoms with van der Waals surface area (Å²) >= 11 is 0. The Labute approximate surface area is 125 Å². The maximum Gasteiger partial charge on any atom is 0.122 e. The highest BCUT2D eigenvalue weighted by molar-refractivity contribution is 5.39. The van der Waals surface area contributed by atoms with Gasteiger partial charge in [-0.1, -0.05) is 36.4 Å². The predicted octanol–water partition coefficient (Wildman–Crippen LogP) is 3.05. The van der Waals surface area contributed by atoms with Crippen LogP contribution in [0, 0.1) is 0 Å². The average Bonchev–Trinajstić information content (AvgIpc) is 2.94. The van der Waals surface area contributed by atoms with Gasteiger partial charge in [0.1, 0.15) is 12.4 Å². The molecule has 0 spiro atoms. The summed E-state index contributed by atoms with van der Waals surface area (Å²) in [4.78, 5) is 0. The third kappa shape index (κ3) is 2.44. The maximum absolute atomic E-state index is 6.63. The first-order valence-corrected chi connectivity index (χ1v) is 7.82. The number of nitrogens with two attached hydrogens (primary N) is 1. The van der Waals surface area contributed by atoms with E-state index in [1.165, 1.54) is 41.5 Å². The molecule has 2 nitrogen and oxygen atoms in total. The Bertz CT molecular complexity index is 679. The van der Waals surface area contributed by atoms with Crippen LogP contribution in [0.25, 0.3) is 0 Å². The molecule has 0 radical (unpaired) electrons. The highest BCUT2D eigenvalue weighted by Crippen LogP contribution is 2.31. The van der Waals surface area contributed by atoms with Gasteiger partial charge in [-0.15, -0.1) is 0 Å². The van der Waals surface area contributed by atoms with Crippen molar-refractivity contribution in [2.75, 3.05) is 6.61 Å². The Morgan fingerprint density at radius 1 is 1.00 bits per heavy atom. The third-order valence-corrected chi connectivity index (χ3v) is 4.75. The molecule has 0 saturated heterocycles. The SMILES string of the molecule is NC1(Cc2ccc3c(c2)CCC3)COc2ccccc2C1. The van der Waals surface area contributed by atoms with Crippen molar-refractivity contribution in [2.45, 2.75) is 37.6 Å². The molecule has 2 N–H and O–H groups in total. The molecule has 0 fully saturated rings. The number of aryl methyl sites for hydroxylation is 2. The molecular weight excluding hydrogens is 258 g/mol. The van der Waals surface area contributed by atoms with E-state index in [9.17, 15) is 0 Å². The Kier molecular flexibility index (Phi) is 3.00. The average molecular weight is 279 g/mol. The fourth-order valence-corrected chi connectivity index (χ4v) is 3.70. The van der Waals surface area contributed by atoms with Crippen molar-refractivity contribution in [1.82, 2.24) is 0 Å². The van der Waals surface area contributed by atoms with E-state index in [4.69, 9.17) is 10.5 Å². The van der Waals surface area contributed by atoms with Gasteiger partial charge in [0.15, 0.2) is 0 Å². The fraction of sp³-hybridized carbons (Fsp3) is 0.368. The smallest absolute Gasteiger partial charge is 0.122 e. The number of hydrogen-bond acceptors (Lipinski definition) is 2. The van der Waals surface area contributed by atoms with Crippen LogP contribution in [0.15, 0.2) is 42.5 Å². The Balaban J connectivity index is 1.57. The molecular formula is C19H21NO. The van der Waals surface area contributed by atoms with Crippen molar-refractivity contribution < 1.29 is 4.74 Å². The lowest BCUT2D eigenvalue weighted by molar-refractivity contribution is 0.190. The summed E-state index contributed by atoms with van der Waals surface area (Å²) < 4.78 is 5.88. The quantitative estimate of drug-likeness (QED) is 0.917. The first-order valence-electron chi connectivity index (χ1n) is 7.82. The van der Waals surface area contributed by atoms with Crippen molar-refractivity contribution in [2.24, 2.45) is 5.73 Å². The number of rotatable bonds is 2. The highest BCUT2D eigenvalue weighted by Gasteiger charge is 2.32. The molecule has 0 amide bonds. The van der Waals surface area contributed by atoms with Gasteiger partial charge >= 0.3 is 0 Å². The summed E-state index contributed by atoms with van der Waals surface area (Å²) in [5, 5.41) is 0. The van der Waals surface area contributed by atoms with Crippen LogP contribution in [0.3, 0.4) is 0 Å². The van der Waals surface area contributed by atoms with E-state index in [0.717, 1.165) is 18.6 Å². The maximum atomic E-state index is 6.63. The number of fused-ring (bicyclic) bond motifs is 2. The number of hydrogen-bond donors (Lipinski definition) is 1. The lowest BCUT2D eigenvalue weighted by Gasteiger charge is -2.35. The van der Waals surface area contributed by atoms with Crippen LogP contribution in [0.1, 0.15) is 28.7 Å². The van der Waals surface area contributed by atoms with Crippen LogP contribution < -0.4 is 10.5 Å². The van der Waals surface area contributed by atoms with E-state index in [1.807, 2.05) is 12.1 Å². The summed E-state index contributed by atoms with van der Waals surface area (Å²) in [6, 6.07) is 15.1. The molecule has 2 aliphatic rings. The number of benzene rings is 2. The van der Waals surface area contributed by atoms with Crippen LogP contribution in [0.4, 0.5) is 0 Å². The minimum atomic E-state index is -0.290. The van der Waals surface area contributed by atoms with E-state index in [2.05, 4.69) is 30.3 Å². The summed E-state index contributed by atoms with van der Waals surface area (Å²) in [5.74, 6) is 0.993. The second-order valence-electron chi connectivity index (χ2n) is 6.57. The Hall–Kier alpha value is -1.80. The minimum absolute atomic E-state index is 0.290. The van der Waals surface area contributed by atoms with Gasteiger partial charge in [0.05, 0.1) is 5.54 Å². The molecule has 2 aromatic rings. The van der Waals surface area contributed by atoms with E-state index >= 15 is 0 Å². The molecule has 2 heteroatoms. The van der Waals surface area contributed by atoms with E-state index < -0.39 is 0 Å². The second kappa shape index (κ2) is 4.88. The highest BCUT2D eigenvalue weighted by atomic mass is 16.5. The zero-order valence-electron chi connectivity index (χ0n) is 12.3. The molecule has 1 unspecified atom stereocenters. The molecule has 1 aliphatic heterocycles. The normalized spacial score (nSPS) is 23.3. The Morgan fingerprint density at radius 2 is 1.86 bits per heavy atom. The molecule has 0 saturated carbocycles. The van der Waals surface area contributed by atoms with E-state index in [1.54, 1.807) is 0 Å². The van der Waals surface area contributed by atoms with Gasteiger partial charge < -0.3 is 10.5 Å². The van der Waals surface area contributed by atoms with Crippen LogP contribution in [0.2, 0.25) is 0 Å². The van der Waals surface area contributed by atoms with Crippen LogP contribution >= 0.6 is 0 Å². The van der Waals surface area contributed by atoms with Gasteiger partial charge in [-0.2, -0.15) is 0 Å². The van der Waals surface area contributed by atoms with Crippen molar-refractivity contribution in [3.8, 4) is 5.75 Å². The van der Waals surface area contributed by atoms with Crippen LogP contribution in [0.5, 0.6) is 5.75 Å². The molecule has 0 bridgehead atoms. The molecule has 108 valence electrons. The first kappa shape index (κ1) is 12.9. The first-order chi connectivity index (χ1) is 10.2. The third-order valence-electron chi connectivity index (χ3n) is 4.75. The minimum Gasteiger partial charge on any atom is -0.491 e. The largest absolute Gasteiger partial charge is 0.491 e. The lowest BCUT2D eigenvalue weighted by Crippen LogP contribution is -2.51. The molecule has 1 aliphatic carbocycles. The summed E-state index contributed by atoms with van der Waals surface area (Å²) in [7, 11) is 0. The topological polar surface area (TPSA) is 35.2 Å². The van der Waals surface area contributed by atoms with E-state index in [-0.39, 0.29) is 5.54 Å². The van der Waals surface area contributed by atoms with Crippen molar-refractivity contribution in [3.05, 3.63) is 64.7 Å². The molecule has 4 rings (SSSR count). The zero-order valence-corrected chi connectivity index (χ0v) is 12.3. The van der Waals surface area contributed by atoms with Crippen LogP contribution in [-0.4, -0.2) is 12.1 Å². The Morgan fingerprint density at radius 3 is 2.81 bits per heavy atom. The zero-order chi connectivity index (χ0) is 14.3. The summed E-state index contributed by atoms with van der Waals surface area (Å²) in [6.07, 6.45) is 5.53. The van der Waals surface area contributed by atoms with Gasteiger partial charge in [-0.05, 0) is 60.4 Å². The van der Waals surface area contributed by atoms with Gasteiger partial charge in [0.25, 0.3) is 0 Å². The molecule has 21 heavy (non-hydrogen) atoms. The van der Waals surface area contributed by atoms with Gasteiger partial charge in [0.2, 0.25) is 0 Å². The summed E-state index contributed by atoms with van der Waals surface area (Å²) in [6.45, 7) is 0.598. The van der Waals surface area contributed by atoms with Crippen molar-refractivity contribution >= 4 is 0 Å². The standard InChI is InChI=1S/C19H21NO/c20-19(12-17-4-1-2-7-18(17)21-13-19)11-14-8-9-15-5-3-6-16(15)10-14/h1-2,4,7-10H,3,5-6,11-13,20H2. The number of para-hydroxylation sites is 1. The molecule has 1 heterocycles. The van der Waals surface area contributed by atoms with E-state index in [0.29, 0.717) is 6.61 Å². The predicted molar refractivity (Wildman–Crippen MR) is 84.7 cm³/mol. The molecule has 0 aromatic heterocycles. The second-order valence-corrected chi connectivity index (χ2v) is 6.57. The fourth-order valence-electron chi connectivity index (χ4n) is 3.70. The van der Waals surface area contributed by atoms with Crippen LogP contribution in [-0.2, 0) is 25.7 Å². The van der Waals surface area contributed by atoms with Gasteiger partial charge in [-0.3, -0.25) is 0 Å². The molecule has 1 atom stereocenters. The number of ether oxygens (including phenoxy) is 1. The lowest BCUT2D eigenvalue weighted by atomic mass is 9.84. The van der Waals surface area contributed by atoms with Gasteiger partial charge in [0, 0.05) is 0 Å². The van der Waals surface area contributed by atoms with Gasteiger partial charge in [-0.25, -0.2) is 0 Å². The van der Waals surface area contributed by atoms with Crippen molar-refractivity contribution in [3.63, 3.8) is 0 Å². The monoisotopic (exact) mass is 279 g/mol. The van der Waals surface area contributed by atoms with Crippen molar-refractivity contribution in [1.29, 1.82) is 0 Å². The summed E-state index contributed by atoms with van der Waals surface area (Å²) in [5.41, 5.74) is 12.0.